The number of fused-ring (bicyclic) bond motifs is 1. The number of aromatic nitrogens is 2. The van der Waals surface area contributed by atoms with E-state index in [4.69, 9.17) is 14.7 Å². The lowest BCUT2D eigenvalue weighted by Gasteiger charge is -2.36. The number of anilines is 1. The van der Waals surface area contributed by atoms with E-state index in [1.807, 2.05) is 19.0 Å². The number of hydrogen-bond donors (Lipinski definition) is 0. The molecule has 0 N–H and O–H groups in total. The number of amides is 1. The van der Waals surface area contributed by atoms with Gasteiger partial charge < -0.3 is 19.4 Å². The van der Waals surface area contributed by atoms with E-state index in [9.17, 15) is 4.79 Å². The third-order valence-corrected chi connectivity index (χ3v) is 5.31. The fourth-order valence-corrected chi connectivity index (χ4v) is 3.90. The van der Waals surface area contributed by atoms with Gasteiger partial charge in [-0.2, -0.15) is 0 Å². The number of piperidine rings is 1. The summed E-state index contributed by atoms with van der Waals surface area (Å²) in [6, 6.07) is -0.0169. The summed E-state index contributed by atoms with van der Waals surface area (Å²) in [6.07, 6.45) is 4.45. The zero-order valence-electron chi connectivity index (χ0n) is 16.5. The normalized spacial score (nSPS) is 20.8. The highest BCUT2D eigenvalue weighted by molar-refractivity contribution is 5.76. The number of likely N-dealkylation sites (N-methyl/N-ethyl adjacent to an activating group) is 1. The van der Waals surface area contributed by atoms with Crippen LogP contribution in [0.4, 0.5) is 5.82 Å². The second-order valence-corrected chi connectivity index (χ2v) is 7.55. The van der Waals surface area contributed by atoms with Crippen molar-refractivity contribution in [3.63, 3.8) is 0 Å². The summed E-state index contributed by atoms with van der Waals surface area (Å²) in [7, 11) is 7.83. The van der Waals surface area contributed by atoms with Crippen molar-refractivity contribution in [1.29, 1.82) is 0 Å². The van der Waals surface area contributed by atoms with Gasteiger partial charge in [-0.15, -0.1) is 0 Å². The zero-order valence-corrected chi connectivity index (χ0v) is 16.5. The second-order valence-electron chi connectivity index (χ2n) is 7.55. The topological polar surface area (TPSA) is 61.8 Å². The molecule has 0 spiro atoms. The van der Waals surface area contributed by atoms with E-state index in [-0.39, 0.29) is 11.9 Å². The molecule has 1 atom stereocenters. The first-order chi connectivity index (χ1) is 12.5. The maximum absolute atomic E-state index is 12.7. The lowest BCUT2D eigenvalue weighted by Crippen LogP contribution is -2.40. The van der Waals surface area contributed by atoms with E-state index in [2.05, 4.69) is 16.8 Å². The van der Waals surface area contributed by atoms with Gasteiger partial charge >= 0.3 is 0 Å². The van der Waals surface area contributed by atoms with E-state index in [0.29, 0.717) is 13.0 Å². The van der Waals surface area contributed by atoms with Crippen LogP contribution in [0.25, 0.3) is 0 Å². The molecule has 1 saturated heterocycles. The highest BCUT2D eigenvalue weighted by Gasteiger charge is 2.32. The fraction of sp³-hybridized carbons (Fsp3) is 0.737. The quantitative estimate of drug-likeness (QED) is 0.794. The number of ether oxygens (including phenoxy) is 1. The molecular formula is C19H31N5O2. The van der Waals surface area contributed by atoms with Crippen molar-refractivity contribution in [3.8, 4) is 0 Å². The third-order valence-electron chi connectivity index (χ3n) is 5.31. The number of nitrogens with zero attached hydrogens (tertiary/aromatic N) is 5. The van der Waals surface area contributed by atoms with E-state index >= 15 is 0 Å². The Kier molecular flexibility index (Phi) is 6.09. The summed E-state index contributed by atoms with van der Waals surface area (Å²) in [5, 5.41) is 0. The monoisotopic (exact) mass is 361 g/mol. The predicted molar refractivity (Wildman–Crippen MR) is 101 cm³/mol. The van der Waals surface area contributed by atoms with E-state index < -0.39 is 0 Å². The van der Waals surface area contributed by atoms with Crippen LogP contribution in [0, 0.1) is 0 Å². The van der Waals surface area contributed by atoms with Gasteiger partial charge in [-0.05, 0) is 26.3 Å². The van der Waals surface area contributed by atoms with Gasteiger partial charge in [0.25, 0.3) is 0 Å². The molecule has 26 heavy (non-hydrogen) atoms. The van der Waals surface area contributed by atoms with Crippen LogP contribution in [0.15, 0.2) is 0 Å². The first kappa shape index (κ1) is 19.0. The fourth-order valence-electron chi connectivity index (χ4n) is 3.90. The van der Waals surface area contributed by atoms with Crippen LogP contribution in [0.3, 0.4) is 0 Å². The average Bonchev–Trinajstić information content (AvgIpc) is 2.65. The molecule has 144 valence electrons. The standard InChI is InChI=1S/C19H31N5O2/c1-22(2)19-14-13-23(3)11-8-15(14)20-18(21-19)16-7-5-6-10-24(16)17(25)9-12-26-4/h16H,5-13H2,1-4H3. The summed E-state index contributed by atoms with van der Waals surface area (Å²) in [4.78, 5) is 28.9. The molecule has 0 aromatic carbocycles. The van der Waals surface area contributed by atoms with Crippen molar-refractivity contribution in [2.45, 2.75) is 44.7 Å². The lowest BCUT2D eigenvalue weighted by atomic mass is 9.99. The molecule has 0 saturated carbocycles. The van der Waals surface area contributed by atoms with E-state index in [0.717, 1.165) is 62.7 Å². The maximum Gasteiger partial charge on any atom is 0.225 e. The Labute approximate surface area is 156 Å². The van der Waals surface area contributed by atoms with Crippen LogP contribution in [-0.4, -0.2) is 73.6 Å². The molecule has 3 heterocycles. The summed E-state index contributed by atoms with van der Waals surface area (Å²) >= 11 is 0. The highest BCUT2D eigenvalue weighted by Crippen LogP contribution is 2.33. The Balaban J connectivity index is 1.93. The minimum atomic E-state index is -0.0169. The summed E-state index contributed by atoms with van der Waals surface area (Å²) in [5.41, 5.74) is 2.37. The highest BCUT2D eigenvalue weighted by atomic mass is 16.5. The molecule has 2 aliphatic heterocycles. The van der Waals surface area contributed by atoms with Crippen molar-refractivity contribution in [2.24, 2.45) is 0 Å². The minimum absolute atomic E-state index is 0.0169. The smallest absolute Gasteiger partial charge is 0.225 e. The molecule has 0 aliphatic carbocycles. The molecule has 1 aromatic heterocycles. The van der Waals surface area contributed by atoms with Crippen LogP contribution in [-0.2, 0) is 22.5 Å². The van der Waals surface area contributed by atoms with Gasteiger partial charge in [-0.25, -0.2) is 9.97 Å². The van der Waals surface area contributed by atoms with Gasteiger partial charge in [0.2, 0.25) is 5.91 Å². The number of carbonyl (C=O) groups is 1. The molecule has 3 rings (SSSR count). The minimum Gasteiger partial charge on any atom is -0.384 e. The molecule has 7 heteroatoms. The van der Waals surface area contributed by atoms with Gasteiger partial charge in [-0.3, -0.25) is 4.79 Å². The van der Waals surface area contributed by atoms with Gasteiger partial charge in [0, 0.05) is 52.8 Å². The second kappa shape index (κ2) is 8.31. The average molecular weight is 361 g/mol. The number of carbonyl (C=O) groups excluding carboxylic acids is 1. The van der Waals surface area contributed by atoms with Gasteiger partial charge in [0.1, 0.15) is 5.82 Å². The molecular weight excluding hydrogens is 330 g/mol. The van der Waals surface area contributed by atoms with E-state index in [1.54, 1.807) is 7.11 Å². The number of likely N-dealkylation sites (tertiary alicyclic amines) is 1. The number of methoxy groups -OCH3 is 1. The van der Waals surface area contributed by atoms with Crippen LogP contribution in [0.5, 0.6) is 0 Å². The molecule has 2 aliphatic rings. The number of hydrogen-bond acceptors (Lipinski definition) is 6. The number of rotatable bonds is 5. The van der Waals surface area contributed by atoms with Crippen molar-refractivity contribution in [3.05, 3.63) is 17.1 Å². The molecule has 1 aromatic rings. The van der Waals surface area contributed by atoms with Crippen LogP contribution < -0.4 is 4.90 Å². The Hall–Kier alpha value is -1.73. The van der Waals surface area contributed by atoms with Crippen LogP contribution >= 0.6 is 0 Å². The summed E-state index contributed by atoms with van der Waals surface area (Å²) in [6.45, 7) is 3.14. The van der Waals surface area contributed by atoms with Crippen LogP contribution in [0.2, 0.25) is 0 Å². The predicted octanol–water partition coefficient (Wildman–Crippen LogP) is 1.62. The molecule has 7 nitrogen and oxygen atoms in total. The molecule has 1 amide bonds. The summed E-state index contributed by atoms with van der Waals surface area (Å²) < 4.78 is 5.09. The van der Waals surface area contributed by atoms with Gasteiger partial charge in [0.05, 0.1) is 24.8 Å². The van der Waals surface area contributed by atoms with Crippen molar-refractivity contribution in [1.82, 2.24) is 19.8 Å². The SMILES string of the molecule is COCCC(=O)N1CCCCC1c1nc2c(c(N(C)C)n1)CN(C)CC2. The Morgan fingerprint density at radius 2 is 2.08 bits per heavy atom. The first-order valence-corrected chi connectivity index (χ1v) is 9.55. The molecule has 0 radical (unpaired) electrons. The van der Waals surface area contributed by atoms with E-state index in [1.165, 1.54) is 5.56 Å². The lowest BCUT2D eigenvalue weighted by molar-refractivity contribution is -0.136. The van der Waals surface area contributed by atoms with Crippen molar-refractivity contribution in [2.75, 3.05) is 52.8 Å². The Morgan fingerprint density at radius 3 is 2.81 bits per heavy atom. The maximum atomic E-state index is 12.7. The van der Waals surface area contributed by atoms with Crippen molar-refractivity contribution >= 4 is 11.7 Å². The van der Waals surface area contributed by atoms with Gasteiger partial charge in [-0.1, -0.05) is 0 Å². The molecule has 0 bridgehead atoms. The van der Waals surface area contributed by atoms with Crippen molar-refractivity contribution < 1.29 is 9.53 Å². The first-order valence-electron chi connectivity index (χ1n) is 9.55. The molecule has 1 fully saturated rings. The Morgan fingerprint density at radius 1 is 1.27 bits per heavy atom. The third kappa shape index (κ3) is 3.99. The van der Waals surface area contributed by atoms with Gasteiger partial charge in [0.15, 0.2) is 5.82 Å². The summed E-state index contributed by atoms with van der Waals surface area (Å²) in [5.74, 6) is 1.94. The largest absolute Gasteiger partial charge is 0.384 e. The molecule has 1 unspecified atom stereocenters. The van der Waals surface area contributed by atoms with Crippen LogP contribution in [0.1, 0.15) is 48.8 Å². The zero-order chi connectivity index (χ0) is 18.7. The Bertz CT molecular complexity index is 649.